The van der Waals surface area contributed by atoms with Crippen molar-refractivity contribution in [2.45, 2.75) is 6.61 Å². The molecule has 0 saturated carbocycles. The Morgan fingerprint density at radius 3 is 2.56 bits per heavy atom. The monoisotopic (exact) mass is 308 g/mol. The zero-order valence-electron chi connectivity index (χ0n) is 9.21. The van der Waals surface area contributed by atoms with Gasteiger partial charge in [-0.05, 0) is 17.7 Å². The van der Waals surface area contributed by atoms with Crippen molar-refractivity contribution in [2.75, 3.05) is 0 Å². The summed E-state index contributed by atoms with van der Waals surface area (Å²) in [6.45, 7) is 0.242. The first-order valence-electron chi connectivity index (χ1n) is 5.08. The maximum atomic E-state index is 10.9. The predicted molar refractivity (Wildman–Crippen MR) is 67.5 cm³/mol. The van der Waals surface area contributed by atoms with E-state index in [9.17, 15) is 4.79 Å². The minimum atomic E-state index is -1.16. The largest absolute Gasteiger partial charge is 0.476 e. The normalized spacial score (nSPS) is 10.1. The van der Waals surface area contributed by atoms with E-state index >= 15 is 0 Å². The fraction of sp³-hybridized carbons (Fsp3) is 0.0833. The fourth-order valence-corrected chi connectivity index (χ4v) is 1.57. The van der Waals surface area contributed by atoms with Crippen LogP contribution in [0.2, 0.25) is 0 Å². The van der Waals surface area contributed by atoms with E-state index in [2.05, 4.69) is 25.9 Å². The van der Waals surface area contributed by atoms with Gasteiger partial charge in [0.25, 0.3) is 0 Å². The van der Waals surface area contributed by atoms with Gasteiger partial charge in [0.15, 0.2) is 0 Å². The Hall–Kier alpha value is -1.95. The first kappa shape index (κ1) is 12.5. The van der Waals surface area contributed by atoms with Gasteiger partial charge in [-0.3, -0.25) is 0 Å². The Labute approximate surface area is 112 Å². The lowest BCUT2D eigenvalue weighted by atomic mass is 10.2. The topological polar surface area (TPSA) is 72.3 Å². The van der Waals surface area contributed by atoms with Gasteiger partial charge in [0, 0.05) is 16.9 Å². The quantitative estimate of drug-likeness (QED) is 0.939. The Balaban J connectivity index is 2.10. The zero-order chi connectivity index (χ0) is 13.0. The molecule has 92 valence electrons. The molecule has 0 aliphatic rings. The molecule has 0 radical (unpaired) electrons. The number of rotatable bonds is 4. The van der Waals surface area contributed by atoms with Gasteiger partial charge in [0.05, 0.1) is 0 Å². The molecule has 2 rings (SSSR count). The molecule has 1 aromatic heterocycles. The lowest BCUT2D eigenvalue weighted by Gasteiger charge is -2.06. The van der Waals surface area contributed by atoms with Crippen LogP contribution in [0.1, 0.15) is 16.1 Å². The van der Waals surface area contributed by atoms with E-state index in [0.717, 1.165) is 10.0 Å². The third-order valence-corrected chi connectivity index (χ3v) is 2.68. The van der Waals surface area contributed by atoms with E-state index in [1.165, 1.54) is 12.4 Å². The molecule has 1 heterocycles. The minimum absolute atomic E-state index is 0.0212. The van der Waals surface area contributed by atoms with Crippen LogP contribution in [0, 0.1) is 0 Å². The van der Waals surface area contributed by atoms with E-state index in [1.807, 2.05) is 24.3 Å². The molecular weight excluding hydrogens is 300 g/mol. The Kier molecular flexibility index (Phi) is 3.88. The van der Waals surface area contributed by atoms with Gasteiger partial charge in [0.2, 0.25) is 11.6 Å². The van der Waals surface area contributed by atoms with Crippen LogP contribution in [0.5, 0.6) is 5.88 Å². The number of ether oxygens (including phenoxy) is 1. The number of aromatic nitrogens is 2. The summed E-state index contributed by atoms with van der Waals surface area (Å²) in [6.07, 6.45) is 2.71. The van der Waals surface area contributed by atoms with Gasteiger partial charge in [-0.2, -0.15) is 0 Å². The van der Waals surface area contributed by atoms with Crippen molar-refractivity contribution in [3.8, 4) is 5.88 Å². The summed E-state index contributed by atoms with van der Waals surface area (Å²) in [5, 5.41) is 8.91. The number of carboxylic acids is 1. The molecule has 6 heteroatoms. The van der Waals surface area contributed by atoms with Crippen molar-refractivity contribution in [1.29, 1.82) is 0 Å². The van der Waals surface area contributed by atoms with Crippen LogP contribution in [0.3, 0.4) is 0 Å². The molecule has 0 saturated heterocycles. The number of nitrogens with zero attached hydrogens (tertiary/aromatic N) is 2. The number of benzene rings is 1. The van der Waals surface area contributed by atoms with Crippen LogP contribution >= 0.6 is 15.9 Å². The Morgan fingerprint density at radius 2 is 1.89 bits per heavy atom. The summed E-state index contributed by atoms with van der Waals surface area (Å²) in [6, 6.07) is 7.52. The van der Waals surface area contributed by atoms with Crippen molar-refractivity contribution in [3.63, 3.8) is 0 Å². The standard InChI is InChI=1S/C12H9BrN2O3/c13-9-3-1-8(2-4-9)7-18-11-10(12(16)17)14-5-6-15-11/h1-6H,7H2,(H,16,17). The van der Waals surface area contributed by atoms with E-state index in [0.29, 0.717) is 0 Å². The van der Waals surface area contributed by atoms with Gasteiger partial charge >= 0.3 is 5.97 Å². The Bertz CT molecular complexity index is 558. The molecule has 18 heavy (non-hydrogen) atoms. The van der Waals surface area contributed by atoms with E-state index in [1.54, 1.807) is 0 Å². The number of hydrogen-bond acceptors (Lipinski definition) is 4. The maximum Gasteiger partial charge on any atom is 0.360 e. The summed E-state index contributed by atoms with van der Waals surface area (Å²) in [7, 11) is 0. The highest BCUT2D eigenvalue weighted by atomic mass is 79.9. The highest BCUT2D eigenvalue weighted by Gasteiger charge is 2.13. The number of aromatic carboxylic acids is 1. The smallest absolute Gasteiger partial charge is 0.360 e. The zero-order valence-corrected chi connectivity index (χ0v) is 10.8. The third kappa shape index (κ3) is 3.04. The second kappa shape index (κ2) is 5.59. The first-order chi connectivity index (χ1) is 8.66. The van der Waals surface area contributed by atoms with Crippen LogP contribution in [-0.4, -0.2) is 21.0 Å². The molecular formula is C12H9BrN2O3. The second-order valence-corrected chi connectivity index (χ2v) is 4.35. The average Bonchev–Trinajstić information content (AvgIpc) is 2.38. The number of hydrogen-bond donors (Lipinski definition) is 1. The highest BCUT2D eigenvalue weighted by molar-refractivity contribution is 9.10. The van der Waals surface area contributed by atoms with E-state index < -0.39 is 5.97 Å². The fourth-order valence-electron chi connectivity index (χ4n) is 1.31. The van der Waals surface area contributed by atoms with Crippen molar-refractivity contribution < 1.29 is 14.6 Å². The SMILES string of the molecule is O=C(O)c1nccnc1OCc1ccc(Br)cc1. The maximum absolute atomic E-state index is 10.9. The van der Waals surface area contributed by atoms with Gasteiger partial charge < -0.3 is 9.84 Å². The lowest BCUT2D eigenvalue weighted by Crippen LogP contribution is -2.07. The van der Waals surface area contributed by atoms with Gasteiger partial charge in [-0.25, -0.2) is 14.8 Å². The van der Waals surface area contributed by atoms with Crippen LogP contribution in [0.4, 0.5) is 0 Å². The van der Waals surface area contributed by atoms with Gasteiger partial charge in [0.1, 0.15) is 6.61 Å². The van der Waals surface area contributed by atoms with Crippen molar-refractivity contribution >= 4 is 21.9 Å². The van der Waals surface area contributed by atoms with Gasteiger partial charge in [-0.1, -0.05) is 28.1 Å². The molecule has 0 aliphatic heterocycles. The summed E-state index contributed by atoms with van der Waals surface area (Å²) >= 11 is 3.33. The van der Waals surface area contributed by atoms with Crippen LogP contribution in [-0.2, 0) is 6.61 Å². The molecule has 0 aliphatic carbocycles. The molecule has 0 unspecified atom stereocenters. The molecule has 0 spiro atoms. The van der Waals surface area contributed by atoms with Crippen molar-refractivity contribution in [3.05, 3.63) is 52.4 Å². The van der Waals surface area contributed by atoms with E-state index in [4.69, 9.17) is 9.84 Å². The first-order valence-corrected chi connectivity index (χ1v) is 5.87. The summed E-state index contributed by atoms with van der Waals surface area (Å²) in [5.74, 6) is -1.14. The second-order valence-electron chi connectivity index (χ2n) is 3.43. The molecule has 0 atom stereocenters. The van der Waals surface area contributed by atoms with Crippen molar-refractivity contribution in [1.82, 2.24) is 9.97 Å². The number of carbonyl (C=O) groups is 1. The van der Waals surface area contributed by atoms with Crippen LogP contribution in [0.15, 0.2) is 41.1 Å². The molecule has 5 nitrogen and oxygen atoms in total. The third-order valence-electron chi connectivity index (χ3n) is 2.16. The molecule has 1 N–H and O–H groups in total. The number of carboxylic acid groups (broad SMARTS) is 1. The Morgan fingerprint density at radius 1 is 1.22 bits per heavy atom. The van der Waals surface area contributed by atoms with Crippen LogP contribution in [0.25, 0.3) is 0 Å². The molecule has 0 amide bonds. The summed E-state index contributed by atoms with van der Waals surface area (Å²) < 4.78 is 6.32. The molecule has 0 bridgehead atoms. The van der Waals surface area contributed by atoms with Crippen molar-refractivity contribution in [2.24, 2.45) is 0 Å². The summed E-state index contributed by atoms with van der Waals surface area (Å²) in [5.41, 5.74) is 0.731. The predicted octanol–water partition coefficient (Wildman–Crippen LogP) is 2.52. The lowest BCUT2D eigenvalue weighted by molar-refractivity contribution is 0.0683. The minimum Gasteiger partial charge on any atom is -0.476 e. The highest BCUT2D eigenvalue weighted by Crippen LogP contribution is 2.15. The van der Waals surface area contributed by atoms with Gasteiger partial charge in [-0.15, -0.1) is 0 Å². The molecule has 0 fully saturated rings. The average molecular weight is 309 g/mol. The molecule has 2 aromatic rings. The summed E-state index contributed by atoms with van der Waals surface area (Å²) in [4.78, 5) is 18.5. The van der Waals surface area contributed by atoms with Crippen LogP contribution < -0.4 is 4.74 Å². The van der Waals surface area contributed by atoms with E-state index in [-0.39, 0.29) is 18.2 Å². The number of halogens is 1. The molecule has 1 aromatic carbocycles.